The first-order valence-electron chi connectivity index (χ1n) is 5.41. The number of nitrogens with zero attached hydrogens (tertiary/aromatic N) is 1. The predicted octanol–water partition coefficient (Wildman–Crippen LogP) is 3.64. The standard InChI is InChI=1S/C12H11BrClN3O/c1-2-8-6-11(17-16-8)15-12(18)7-3-4-10(14)9(13)5-7/h3-6H,2H2,1H3,(H2,15,16,17,18). The van der Waals surface area contributed by atoms with E-state index in [1.807, 2.05) is 13.0 Å². The third-order valence-corrected chi connectivity index (χ3v) is 3.65. The SMILES string of the molecule is CCc1cc(NC(=O)c2ccc(Cl)c(Br)c2)n[nH]1. The molecule has 1 amide bonds. The number of hydrogen-bond acceptors (Lipinski definition) is 2. The van der Waals surface area contributed by atoms with Crippen LogP contribution in [0, 0.1) is 0 Å². The second-order valence-electron chi connectivity index (χ2n) is 3.71. The third-order valence-electron chi connectivity index (χ3n) is 2.44. The first kappa shape index (κ1) is 13.1. The molecular weight excluding hydrogens is 318 g/mol. The Kier molecular flexibility index (Phi) is 4.04. The average Bonchev–Trinajstić information content (AvgIpc) is 2.80. The van der Waals surface area contributed by atoms with E-state index in [0.717, 1.165) is 12.1 Å². The fourth-order valence-corrected chi connectivity index (χ4v) is 1.93. The van der Waals surface area contributed by atoms with Gasteiger partial charge in [-0.05, 0) is 40.5 Å². The van der Waals surface area contributed by atoms with Crippen molar-refractivity contribution >= 4 is 39.3 Å². The highest BCUT2D eigenvalue weighted by Crippen LogP contribution is 2.23. The lowest BCUT2D eigenvalue weighted by atomic mass is 10.2. The van der Waals surface area contributed by atoms with Gasteiger partial charge in [0.15, 0.2) is 5.82 Å². The van der Waals surface area contributed by atoms with Gasteiger partial charge in [-0.1, -0.05) is 18.5 Å². The minimum atomic E-state index is -0.221. The molecule has 0 aliphatic carbocycles. The maximum atomic E-state index is 11.9. The Morgan fingerprint density at radius 2 is 2.28 bits per heavy atom. The molecule has 0 radical (unpaired) electrons. The van der Waals surface area contributed by atoms with Gasteiger partial charge in [-0.2, -0.15) is 5.10 Å². The lowest BCUT2D eigenvalue weighted by Crippen LogP contribution is -2.12. The van der Waals surface area contributed by atoms with Gasteiger partial charge in [-0.15, -0.1) is 0 Å². The number of carbonyl (C=O) groups excluding carboxylic acids is 1. The Bertz CT molecular complexity index is 582. The van der Waals surface area contributed by atoms with Crippen LogP contribution in [0.2, 0.25) is 5.02 Å². The molecule has 0 atom stereocenters. The van der Waals surface area contributed by atoms with Gasteiger partial charge in [0, 0.05) is 21.8 Å². The van der Waals surface area contributed by atoms with Crippen LogP contribution in [-0.2, 0) is 6.42 Å². The number of aromatic nitrogens is 2. The molecule has 0 aliphatic rings. The summed E-state index contributed by atoms with van der Waals surface area (Å²) in [4.78, 5) is 11.9. The van der Waals surface area contributed by atoms with Crippen LogP contribution < -0.4 is 5.32 Å². The van der Waals surface area contributed by atoms with Crippen LogP contribution in [0.1, 0.15) is 23.0 Å². The fourth-order valence-electron chi connectivity index (χ4n) is 1.43. The normalized spacial score (nSPS) is 10.4. The van der Waals surface area contributed by atoms with E-state index in [0.29, 0.717) is 20.9 Å². The molecule has 0 unspecified atom stereocenters. The van der Waals surface area contributed by atoms with Crippen LogP contribution in [0.5, 0.6) is 0 Å². The van der Waals surface area contributed by atoms with Crippen molar-refractivity contribution in [1.82, 2.24) is 10.2 Å². The average molecular weight is 329 g/mol. The van der Waals surface area contributed by atoms with E-state index in [1.165, 1.54) is 0 Å². The maximum Gasteiger partial charge on any atom is 0.256 e. The Morgan fingerprint density at radius 1 is 1.50 bits per heavy atom. The molecule has 0 bridgehead atoms. The summed E-state index contributed by atoms with van der Waals surface area (Å²) in [6, 6.07) is 6.81. The molecule has 4 nitrogen and oxygen atoms in total. The van der Waals surface area contributed by atoms with Crippen molar-refractivity contribution in [3.8, 4) is 0 Å². The molecule has 0 fully saturated rings. The highest BCUT2D eigenvalue weighted by Gasteiger charge is 2.09. The molecule has 0 saturated carbocycles. The lowest BCUT2D eigenvalue weighted by molar-refractivity contribution is 0.102. The minimum Gasteiger partial charge on any atom is -0.305 e. The highest BCUT2D eigenvalue weighted by molar-refractivity contribution is 9.10. The Balaban J connectivity index is 2.14. The predicted molar refractivity (Wildman–Crippen MR) is 75.1 cm³/mol. The number of H-pyrrole nitrogens is 1. The van der Waals surface area contributed by atoms with Crippen molar-refractivity contribution in [2.45, 2.75) is 13.3 Å². The molecule has 0 saturated heterocycles. The zero-order valence-electron chi connectivity index (χ0n) is 9.63. The Morgan fingerprint density at radius 3 is 2.89 bits per heavy atom. The summed E-state index contributed by atoms with van der Waals surface area (Å²) in [5, 5.41) is 10.1. The summed E-state index contributed by atoms with van der Waals surface area (Å²) in [6.07, 6.45) is 0.843. The van der Waals surface area contributed by atoms with Crippen molar-refractivity contribution in [2.24, 2.45) is 0 Å². The third kappa shape index (κ3) is 2.91. The van der Waals surface area contributed by atoms with Crippen molar-refractivity contribution in [3.05, 3.63) is 45.0 Å². The number of amides is 1. The summed E-state index contributed by atoms with van der Waals surface area (Å²) in [5.74, 6) is 0.296. The van der Waals surface area contributed by atoms with Crippen LogP contribution in [0.3, 0.4) is 0 Å². The number of rotatable bonds is 3. The molecule has 1 aromatic heterocycles. The topological polar surface area (TPSA) is 57.8 Å². The number of halogens is 2. The maximum absolute atomic E-state index is 11.9. The molecule has 0 aliphatic heterocycles. The van der Waals surface area contributed by atoms with Crippen molar-refractivity contribution in [3.63, 3.8) is 0 Å². The Hall–Kier alpha value is -1.33. The number of carbonyl (C=O) groups is 1. The van der Waals surface area contributed by atoms with E-state index in [-0.39, 0.29) is 5.91 Å². The minimum absolute atomic E-state index is 0.221. The van der Waals surface area contributed by atoms with E-state index in [1.54, 1.807) is 18.2 Å². The quantitative estimate of drug-likeness (QED) is 0.903. The summed E-state index contributed by atoms with van der Waals surface area (Å²) < 4.78 is 0.688. The molecule has 94 valence electrons. The van der Waals surface area contributed by atoms with E-state index in [9.17, 15) is 4.79 Å². The Labute approximate surface area is 118 Å². The van der Waals surface area contributed by atoms with Crippen LogP contribution in [0.4, 0.5) is 5.82 Å². The smallest absolute Gasteiger partial charge is 0.256 e. The van der Waals surface area contributed by atoms with E-state index in [4.69, 9.17) is 11.6 Å². The van der Waals surface area contributed by atoms with Crippen LogP contribution in [0.15, 0.2) is 28.7 Å². The van der Waals surface area contributed by atoms with Crippen molar-refractivity contribution < 1.29 is 4.79 Å². The number of benzene rings is 1. The highest BCUT2D eigenvalue weighted by atomic mass is 79.9. The molecular formula is C12H11BrClN3O. The van der Waals surface area contributed by atoms with Crippen LogP contribution in [0.25, 0.3) is 0 Å². The monoisotopic (exact) mass is 327 g/mol. The summed E-state index contributed by atoms with van der Waals surface area (Å²) in [6.45, 7) is 2.01. The molecule has 18 heavy (non-hydrogen) atoms. The van der Waals surface area contributed by atoms with Crippen LogP contribution >= 0.6 is 27.5 Å². The number of aromatic amines is 1. The number of hydrogen-bond donors (Lipinski definition) is 2. The number of aryl methyl sites for hydroxylation is 1. The van der Waals surface area contributed by atoms with Crippen LogP contribution in [-0.4, -0.2) is 16.1 Å². The zero-order chi connectivity index (χ0) is 13.1. The summed E-state index contributed by atoms with van der Waals surface area (Å²) in [7, 11) is 0. The molecule has 2 N–H and O–H groups in total. The van der Waals surface area contributed by atoms with Crippen molar-refractivity contribution in [2.75, 3.05) is 5.32 Å². The molecule has 1 heterocycles. The summed E-state index contributed by atoms with van der Waals surface area (Å²) in [5.41, 5.74) is 1.50. The van der Waals surface area contributed by atoms with Gasteiger partial charge in [-0.3, -0.25) is 9.89 Å². The van der Waals surface area contributed by atoms with E-state index < -0.39 is 0 Å². The molecule has 6 heteroatoms. The van der Waals surface area contributed by atoms with Gasteiger partial charge in [0.05, 0.1) is 5.02 Å². The van der Waals surface area contributed by atoms with Crippen molar-refractivity contribution in [1.29, 1.82) is 0 Å². The largest absolute Gasteiger partial charge is 0.305 e. The first-order valence-corrected chi connectivity index (χ1v) is 6.58. The lowest BCUT2D eigenvalue weighted by Gasteiger charge is -2.03. The summed E-state index contributed by atoms with van der Waals surface area (Å²) >= 11 is 9.15. The number of anilines is 1. The van der Waals surface area contributed by atoms with E-state index in [2.05, 4.69) is 31.4 Å². The van der Waals surface area contributed by atoms with Gasteiger partial charge in [0.2, 0.25) is 0 Å². The van der Waals surface area contributed by atoms with Gasteiger partial charge < -0.3 is 5.32 Å². The molecule has 2 rings (SSSR count). The van der Waals surface area contributed by atoms with Gasteiger partial charge in [0.25, 0.3) is 5.91 Å². The molecule has 0 spiro atoms. The number of nitrogens with one attached hydrogen (secondary N) is 2. The second kappa shape index (κ2) is 5.54. The van der Waals surface area contributed by atoms with E-state index >= 15 is 0 Å². The van der Waals surface area contributed by atoms with Gasteiger partial charge in [-0.25, -0.2) is 0 Å². The second-order valence-corrected chi connectivity index (χ2v) is 4.98. The fraction of sp³-hybridized carbons (Fsp3) is 0.167. The van der Waals surface area contributed by atoms with Gasteiger partial charge in [0.1, 0.15) is 0 Å². The first-order chi connectivity index (χ1) is 8.60. The molecule has 2 aromatic rings. The zero-order valence-corrected chi connectivity index (χ0v) is 12.0. The van der Waals surface area contributed by atoms with Gasteiger partial charge >= 0.3 is 0 Å². The molecule has 1 aromatic carbocycles.